The zero-order valence-electron chi connectivity index (χ0n) is 12.1. The number of rotatable bonds is 6. The Morgan fingerprint density at radius 1 is 1.05 bits per heavy atom. The fraction of sp³-hybridized carbons (Fsp3) is 0.235. The van der Waals surface area contributed by atoms with E-state index in [1.54, 1.807) is 0 Å². The molecular weight excluding hydrogens is 278 g/mol. The Balaban J connectivity index is 2.56. The highest BCUT2D eigenvalue weighted by molar-refractivity contribution is 8.09. The zero-order valence-corrected chi connectivity index (χ0v) is 13.0. The Hall–Kier alpha value is -1.60. The third-order valence-corrected chi connectivity index (χ3v) is 7.83. The number of hydrogen-bond donors (Lipinski definition) is 1. The van der Waals surface area contributed by atoms with E-state index >= 15 is 0 Å². The van der Waals surface area contributed by atoms with Gasteiger partial charge < -0.3 is 5.11 Å². The molecule has 2 aromatic carbocycles. The molecule has 2 nitrogen and oxygen atoms in total. The summed E-state index contributed by atoms with van der Waals surface area (Å²) in [6.07, 6.45) is 0.852. The molecule has 0 aliphatic rings. The van der Waals surface area contributed by atoms with Gasteiger partial charge in [0, 0.05) is 16.3 Å². The van der Waals surface area contributed by atoms with Crippen LogP contribution in [0.3, 0.4) is 0 Å². The minimum Gasteiger partial charge on any atom is -0.481 e. The van der Waals surface area contributed by atoms with Crippen molar-refractivity contribution in [2.24, 2.45) is 0 Å². The van der Waals surface area contributed by atoms with E-state index in [-0.39, 0.29) is 12.1 Å². The molecule has 0 aliphatic heterocycles. The first kappa shape index (κ1) is 15.8. The topological polar surface area (TPSA) is 37.3 Å². The Labute approximate surface area is 127 Å². The fourth-order valence-electron chi connectivity index (χ4n) is 2.70. The van der Waals surface area contributed by atoms with E-state index in [1.807, 2.05) is 67.6 Å². The van der Waals surface area contributed by atoms with E-state index in [2.05, 4.69) is 0 Å². The Bertz CT molecular complexity index is 547. The maximum atomic E-state index is 11.2. The average molecular weight is 297 g/mol. The van der Waals surface area contributed by atoms with Crippen LogP contribution >= 0.6 is 7.14 Å². The molecule has 1 N–H and O–H groups in total. The van der Waals surface area contributed by atoms with E-state index in [1.165, 1.54) is 0 Å². The fourth-order valence-corrected chi connectivity index (χ4v) is 6.19. The van der Waals surface area contributed by atoms with Crippen molar-refractivity contribution in [2.45, 2.75) is 25.4 Å². The van der Waals surface area contributed by atoms with Gasteiger partial charge in [-0.2, -0.15) is 7.14 Å². The van der Waals surface area contributed by atoms with Crippen LogP contribution in [0.1, 0.15) is 19.8 Å². The molecule has 4 heteroatoms. The minimum atomic E-state index is -2.22. The highest BCUT2D eigenvalue weighted by Crippen LogP contribution is 2.58. The predicted octanol–water partition coefficient (Wildman–Crippen LogP) is 2.99. The summed E-state index contributed by atoms with van der Waals surface area (Å²) in [5.74, 6) is -0.788. The Morgan fingerprint density at radius 3 is 1.81 bits per heavy atom. The highest BCUT2D eigenvalue weighted by atomic mass is 31.2. The molecule has 0 heterocycles. The highest BCUT2D eigenvalue weighted by Gasteiger charge is 2.34. The summed E-state index contributed by atoms with van der Waals surface area (Å²) in [5.41, 5.74) is -0.0557. The van der Waals surface area contributed by atoms with Crippen molar-refractivity contribution in [3.63, 3.8) is 0 Å². The second kappa shape index (κ2) is 6.91. The zero-order chi connectivity index (χ0) is 15.3. The van der Waals surface area contributed by atoms with Crippen LogP contribution in [-0.2, 0) is 4.79 Å². The van der Waals surface area contributed by atoms with E-state index in [9.17, 15) is 9.90 Å². The first-order valence-electron chi connectivity index (χ1n) is 7.09. The van der Waals surface area contributed by atoms with Crippen LogP contribution in [0.15, 0.2) is 60.7 Å². The van der Waals surface area contributed by atoms with Crippen molar-refractivity contribution in [3.8, 4) is 0 Å². The van der Waals surface area contributed by atoms with Crippen LogP contribution in [0.2, 0.25) is 0 Å². The van der Waals surface area contributed by atoms with Crippen molar-refractivity contribution in [1.29, 1.82) is 0 Å². The van der Waals surface area contributed by atoms with E-state index in [0.717, 1.165) is 17.0 Å². The quantitative estimate of drug-likeness (QED) is 0.657. The SMILES string of the molecule is [B-][P+](c1ccccc1)(c1ccccc1)C(CC)CC(=O)O. The van der Waals surface area contributed by atoms with Crippen LogP contribution in [-0.4, -0.2) is 24.3 Å². The molecule has 0 bridgehead atoms. The van der Waals surface area contributed by atoms with Crippen molar-refractivity contribution >= 4 is 31.3 Å². The molecule has 3 radical (unpaired) electrons. The van der Waals surface area contributed by atoms with Gasteiger partial charge in [0.15, 0.2) is 0 Å². The van der Waals surface area contributed by atoms with Gasteiger partial charge in [0.2, 0.25) is 0 Å². The maximum Gasteiger partial charge on any atom is 0.307 e. The maximum absolute atomic E-state index is 11.2. The summed E-state index contributed by atoms with van der Waals surface area (Å²) < 4.78 is 0. The van der Waals surface area contributed by atoms with Crippen molar-refractivity contribution in [2.75, 3.05) is 0 Å². The second-order valence-corrected chi connectivity index (χ2v) is 8.43. The molecule has 1 atom stereocenters. The second-order valence-electron chi connectivity index (χ2n) is 5.11. The van der Waals surface area contributed by atoms with Gasteiger partial charge >= 0.3 is 5.97 Å². The van der Waals surface area contributed by atoms with Gasteiger partial charge in [-0.15, -0.1) is 0 Å². The Kier molecular flexibility index (Phi) is 5.19. The standard InChI is InChI=1S/C17H18BO2P/c1-2-14(13-17(19)20)21(18,15-9-5-3-6-10-15)16-11-7-4-8-12-16/h3-12,14H,2,13H2,1H3/q-1/p+1. The van der Waals surface area contributed by atoms with Crippen LogP contribution in [0.4, 0.5) is 0 Å². The molecule has 0 spiro atoms. The summed E-state index contributed by atoms with van der Waals surface area (Å²) in [7, 11) is 4.67. The lowest BCUT2D eigenvalue weighted by Gasteiger charge is -2.43. The monoisotopic (exact) mass is 297 g/mol. The molecule has 1 unspecified atom stereocenters. The van der Waals surface area contributed by atoms with E-state index in [0.29, 0.717) is 0 Å². The van der Waals surface area contributed by atoms with Gasteiger partial charge in [0.25, 0.3) is 0 Å². The van der Waals surface area contributed by atoms with Gasteiger partial charge in [-0.25, -0.2) is 0 Å². The molecule has 2 aromatic rings. The summed E-state index contributed by atoms with van der Waals surface area (Å²) in [6.45, 7) is 2.01. The first-order chi connectivity index (χ1) is 10.1. The number of aliphatic carboxylic acids is 1. The molecule has 0 aromatic heterocycles. The number of carboxylic acid groups (broad SMARTS) is 1. The van der Waals surface area contributed by atoms with Crippen LogP contribution in [0, 0.1) is 0 Å². The predicted molar refractivity (Wildman–Crippen MR) is 91.2 cm³/mol. The average Bonchev–Trinajstić information content (AvgIpc) is 2.53. The van der Waals surface area contributed by atoms with Gasteiger partial charge in [0.05, 0.1) is 6.42 Å². The summed E-state index contributed by atoms with van der Waals surface area (Å²) in [6, 6.07) is 19.8. The van der Waals surface area contributed by atoms with Gasteiger partial charge in [-0.05, 0) is 30.7 Å². The summed E-state index contributed by atoms with van der Waals surface area (Å²) in [5, 5.41) is 11.4. The molecule has 107 valence electrons. The van der Waals surface area contributed by atoms with Crippen LogP contribution < -0.4 is 10.6 Å². The molecule has 21 heavy (non-hydrogen) atoms. The third-order valence-electron chi connectivity index (χ3n) is 3.82. The third kappa shape index (κ3) is 3.36. The summed E-state index contributed by atoms with van der Waals surface area (Å²) >= 11 is 0. The first-order valence-corrected chi connectivity index (χ1v) is 9.02. The normalized spacial score (nSPS) is 12.9. The lowest BCUT2D eigenvalue weighted by Crippen LogP contribution is -2.32. The number of hydrogen-bond acceptors (Lipinski definition) is 1. The van der Waals surface area contributed by atoms with Gasteiger partial charge in [0.1, 0.15) is 0 Å². The minimum absolute atomic E-state index is 0.0557. The van der Waals surface area contributed by atoms with Gasteiger partial charge in [-0.1, -0.05) is 43.3 Å². The van der Waals surface area contributed by atoms with Crippen LogP contribution in [0.5, 0.6) is 0 Å². The van der Waals surface area contributed by atoms with Crippen molar-refractivity contribution in [3.05, 3.63) is 60.7 Å². The lowest BCUT2D eigenvalue weighted by atomic mass is 10.2. The lowest BCUT2D eigenvalue weighted by molar-refractivity contribution is -0.137. The van der Waals surface area contributed by atoms with Gasteiger partial charge in [-0.3, -0.25) is 12.4 Å². The van der Waals surface area contributed by atoms with Crippen molar-refractivity contribution in [1.82, 2.24) is 0 Å². The number of benzene rings is 2. The smallest absolute Gasteiger partial charge is 0.307 e. The molecule has 0 aliphatic carbocycles. The molecule has 2 rings (SSSR count). The molecule has 0 saturated heterocycles. The number of carbonyl (C=O) groups is 1. The van der Waals surface area contributed by atoms with E-state index in [4.69, 9.17) is 7.57 Å². The largest absolute Gasteiger partial charge is 0.481 e. The summed E-state index contributed by atoms with van der Waals surface area (Å²) in [4.78, 5) is 11.2. The molecule has 0 amide bonds. The van der Waals surface area contributed by atoms with E-state index < -0.39 is 13.1 Å². The molecule has 0 saturated carbocycles. The molecule has 0 fully saturated rings. The Morgan fingerprint density at radius 2 is 1.48 bits per heavy atom. The number of carboxylic acids is 1. The molecular formula is C17H19BO2P. The van der Waals surface area contributed by atoms with Crippen molar-refractivity contribution < 1.29 is 9.90 Å². The van der Waals surface area contributed by atoms with Crippen LogP contribution in [0.25, 0.3) is 0 Å².